The normalized spacial score (nSPS) is 14.2. The maximum Gasteiger partial charge on any atom is 0.138 e. The van der Waals surface area contributed by atoms with E-state index in [2.05, 4.69) is 10.1 Å². The number of benzene rings is 1. The third-order valence-corrected chi connectivity index (χ3v) is 3.48. The zero-order valence-corrected chi connectivity index (χ0v) is 12.6. The van der Waals surface area contributed by atoms with Crippen molar-refractivity contribution >= 4 is 23.4 Å². The molecule has 0 aliphatic rings. The van der Waals surface area contributed by atoms with Gasteiger partial charge in [0.15, 0.2) is 0 Å². The predicted molar refractivity (Wildman–Crippen MR) is 81.4 cm³/mol. The first kappa shape index (κ1) is 15.7. The second-order valence-electron chi connectivity index (χ2n) is 5.49. The molecule has 1 aromatic carbocycles. The summed E-state index contributed by atoms with van der Waals surface area (Å²) in [6.45, 7) is 2.66. The molecule has 21 heavy (non-hydrogen) atoms. The van der Waals surface area contributed by atoms with Crippen molar-refractivity contribution < 1.29 is 9.50 Å². The van der Waals surface area contributed by atoms with Gasteiger partial charge in [-0.3, -0.25) is 4.39 Å². The minimum Gasteiger partial charge on any atom is -0.386 e. The molecule has 0 fully saturated rings. The molecule has 1 unspecified atom stereocenters. The van der Waals surface area contributed by atoms with Crippen molar-refractivity contribution in [2.45, 2.75) is 20.0 Å². The fraction of sp³-hybridized carbons (Fsp3) is 0.333. The van der Waals surface area contributed by atoms with Crippen LogP contribution >= 0.6 is 11.6 Å². The van der Waals surface area contributed by atoms with E-state index in [4.69, 9.17) is 11.6 Å². The van der Waals surface area contributed by atoms with Crippen LogP contribution in [0.4, 0.5) is 4.39 Å². The molecule has 1 aromatic heterocycles. The number of aliphatic hydroxyl groups excluding tert-OH is 1. The lowest BCUT2D eigenvalue weighted by atomic mass is 9.85. The van der Waals surface area contributed by atoms with Gasteiger partial charge in [-0.1, -0.05) is 37.6 Å². The summed E-state index contributed by atoms with van der Waals surface area (Å²) in [5.74, 6) is 0. The number of nitrogens with zero attached hydrogens (tertiary/aromatic N) is 3. The van der Waals surface area contributed by atoms with E-state index < -0.39 is 18.2 Å². The number of hydrogen-bond donors (Lipinski definition) is 1. The molecule has 0 radical (unpaired) electrons. The molecule has 0 saturated carbocycles. The van der Waals surface area contributed by atoms with E-state index in [-0.39, 0.29) is 0 Å². The molecule has 0 amide bonds. The second kappa shape index (κ2) is 6.37. The summed E-state index contributed by atoms with van der Waals surface area (Å²) < 4.78 is 14.6. The summed E-state index contributed by atoms with van der Waals surface area (Å²) in [7, 11) is 0. The van der Waals surface area contributed by atoms with Crippen LogP contribution in [-0.2, 0) is 0 Å². The SMILES string of the molecule is CC(C)(CF)C(O)/C(=C\c1ccc(Cl)cc1)n1cncn1. The standard InChI is InChI=1S/C15H17ClFN3O/c1-15(2,8-17)14(21)13(20-10-18-9-19-20)7-11-3-5-12(16)6-4-11/h3-7,9-10,14,21H,8H2,1-2H3/b13-7+. The molecular weight excluding hydrogens is 293 g/mol. The molecule has 1 atom stereocenters. The number of aliphatic hydroxyl groups is 1. The number of hydrogen-bond acceptors (Lipinski definition) is 3. The van der Waals surface area contributed by atoms with Gasteiger partial charge in [0.2, 0.25) is 0 Å². The van der Waals surface area contributed by atoms with Gasteiger partial charge in [0.1, 0.15) is 18.8 Å². The number of alkyl halides is 1. The van der Waals surface area contributed by atoms with Crippen LogP contribution in [0.5, 0.6) is 0 Å². The fourth-order valence-corrected chi connectivity index (χ4v) is 1.94. The van der Waals surface area contributed by atoms with Gasteiger partial charge in [-0.2, -0.15) is 5.10 Å². The summed E-state index contributed by atoms with van der Waals surface area (Å²) in [6.07, 6.45) is 3.55. The maximum atomic E-state index is 13.2. The molecule has 1 N–H and O–H groups in total. The van der Waals surface area contributed by atoms with Gasteiger partial charge < -0.3 is 5.11 Å². The molecule has 2 aromatic rings. The van der Waals surface area contributed by atoms with E-state index in [0.29, 0.717) is 10.7 Å². The smallest absolute Gasteiger partial charge is 0.138 e. The Labute approximate surface area is 127 Å². The van der Waals surface area contributed by atoms with Crippen LogP contribution in [0.1, 0.15) is 19.4 Å². The predicted octanol–water partition coefficient (Wildman–Crippen LogP) is 3.29. The Balaban J connectivity index is 2.44. The monoisotopic (exact) mass is 309 g/mol. The summed E-state index contributed by atoms with van der Waals surface area (Å²) >= 11 is 5.86. The van der Waals surface area contributed by atoms with Gasteiger partial charge in [-0.05, 0) is 23.8 Å². The van der Waals surface area contributed by atoms with Crippen molar-refractivity contribution in [3.63, 3.8) is 0 Å². The van der Waals surface area contributed by atoms with Crippen LogP contribution in [0.25, 0.3) is 11.8 Å². The van der Waals surface area contributed by atoms with Gasteiger partial charge in [0, 0.05) is 10.4 Å². The zero-order valence-electron chi connectivity index (χ0n) is 11.9. The van der Waals surface area contributed by atoms with E-state index >= 15 is 0 Å². The third kappa shape index (κ3) is 3.68. The summed E-state index contributed by atoms with van der Waals surface area (Å²) in [5.41, 5.74) is 0.362. The quantitative estimate of drug-likeness (QED) is 0.922. The van der Waals surface area contributed by atoms with E-state index in [9.17, 15) is 9.50 Å². The fourth-order valence-electron chi connectivity index (χ4n) is 1.82. The number of aromatic nitrogens is 3. The minimum atomic E-state index is -1.03. The lowest BCUT2D eigenvalue weighted by molar-refractivity contribution is 0.0717. The molecule has 2 rings (SSSR count). The topological polar surface area (TPSA) is 50.9 Å². The average Bonchev–Trinajstić information content (AvgIpc) is 3.00. The first-order valence-corrected chi connectivity index (χ1v) is 6.88. The Kier molecular flexibility index (Phi) is 4.75. The van der Waals surface area contributed by atoms with Gasteiger partial charge in [-0.15, -0.1) is 0 Å². The maximum absolute atomic E-state index is 13.2. The average molecular weight is 310 g/mol. The first-order valence-electron chi connectivity index (χ1n) is 6.50. The molecule has 0 aliphatic carbocycles. The highest BCUT2D eigenvalue weighted by Gasteiger charge is 2.32. The Morgan fingerprint density at radius 3 is 2.62 bits per heavy atom. The van der Waals surface area contributed by atoms with Crippen molar-refractivity contribution in [1.82, 2.24) is 14.8 Å². The molecular formula is C15H17ClFN3O. The van der Waals surface area contributed by atoms with Crippen LogP contribution < -0.4 is 0 Å². The van der Waals surface area contributed by atoms with Gasteiger partial charge >= 0.3 is 0 Å². The Morgan fingerprint density at radius 1 is 1.43 bits per heavy atom. The van der Waals surface area contributed by atoms with Crippen molar-refractivity contribution in [3.05, 3.63) is 47.5 Å². The van der Waals surface area contributed by atoms with E-state index in [1.165, 1.54) is 17.3 Å². The van der Waals surface area contributed by atoms with E-state index in [1.807, 2.05) is 12.1 Å². The van der Waals surface area contributed by atoms with E-state index in [0.717, 1.165) is 5.56 Å². The second-order valence-corrected chi connectivity index (χ2v) is 5.92. The van der Waals surface area contributed by atoms with E-state index in [1.54, 1.807) is 32.1 Å². The largest absolute Gasteiger partial charge is 0.386 e. The van der Waals surface area contributed by atoms with Crippen LogP contribution in [0.3, 0.4) is 0 Å². The Morgan fingerprint density at radius 2 is 2.10 bits per heavy atom. The van der Waals surface area contributed by atoms with Crippen LogP contribution in [0, 0.1) is 5.41 Å². The van der Waals surface area contributed by atoms with Crippen LogP contribution in [-0.4, -0.2) is 32.6 Å². The van der Waals surface area contributed by atoms with Crippen LogP contribution in [0.15, 0.2) is 36.9 Å². The zero-order chi connectivity index (χ0) is 15.5. The Hall–Kier alpha value is -1.72. The third-order valence-electron chi connectivity index (χ3n) is 3.23. The molecule has 0 aliphatic heterocycles. The number of rotatable bonds is 5. The van der Waals surface area contributed by atoms with Gasteiger partial charge in [0.05, 0.1) is 12.4 Å². The summed E-state index contributed by atoms with van der Waals surface area (Å²) in [6, 6.07) is 7.13. The molecule has 4 nitrogen and oxygen atoms in total. The molecule has 0 spiro atoms. The molecule has 0 bridgehead atoms. The number of halogens is 2. The highest BCUT2D eigenvalue weighted by Crippen LogP contribution is 2.30. The summed E-state index contributed by atoms with van der Waals surface area (Å²) in [4.78, 5) is 3.87. The summed E-state index contributed by atoms with van der Waals surface area (Å²) in [5, 5.41) is 15.2. The van der Waals surface area contributed by atoms with Crippen molar-refractivity contribution in [2.24, 2.45) is 5.41 Å². The lowest BCUT2D eigenvalue weighted by Crippen LogP contribution is -2.34. The molecule has 6 heteroatoms. The van der Waals surface area contributed by atoms with Gasteiger partial charge in [-0.25, -0.2) is 9.67 Å². The minimum absolute atomic E-state index is 0.456. The highest BCUT2D eigenvalue weighted by atomic mass is 35.5. The lowest BCUT2D eigenvalue weighted by Gasteiger charge is -2.29. The molecule has 1 heterocycles. The molecule has 0 saturated heterocycles. The van der Waals surface area contributed by atoms with Crippen molar-refractivity contribution in [3.8, 4) is 0 Å². The van der Waals surface area contributed by atoms with Crippen molar-refractivity contribution in [2.75, 3.05) is 6.67 Å². The van der Waals surface area contributed by atoms with Crippen molar-refractivity contribution in [1.29, 1.82) is 0 Å². The van der Waals surface area contributed by atoms with Crippen LogP contribution in [0.2, 0.25) is 5.02 Å². The van der Waals surface area contributed by atoms with Gasteiger partial charge in [0.25, 0.3) is 0 Å². The first-order chi connectivity index (χ1) is 9.94. The molecule has 112 valence electrons. The Bertz CT molecular complexity index is 608. The highest BCUT2D eigenvalue weighted by molar-refractivity contribution is 6.30.